The van der Waals surface area contributed by atoms with Gasteiger partial charge < -0.3 is 14.7 Å². The molecule has 0 aliphatic carbocycles. The van der Waals surface area contributed by atoms with Crippen LogP contribution in [0.2, 0.25) is 0 Å². The Hall–Kier alpha value is -1.31. The van der Waals surface area contributed by atoms with Gasteiger partial charge in [0.2, 0.25) is 5.91 Å². The van der Waals surface area contributed by atoms with E-state index < -0.39 is 43.2 Å². The zero-order valence-electron chi connectivity index (χ0n) is 9.74. The standard InChI is InChI=1S/C10H14F3NO4/c1-6-7(2-3-18-6)9(17)14(4-8(15)16)5-10(11,12)13/h6-7H,2-5H2,1H3,(H,15,16). The van der Waals surface area contributed by atoms with Crippen molar-refractivity contribution in [3.8, 4) is 0 Å². The molecule has 0 aromatic carbocycles. The van der Waals surface area contributed by atoms with Gasteiger partial charge in [-0.3, -0.25) is 9.59 Å². The van der Waals surface area contributed by atoms with E-state index >= 15 is 0 Å². The van der Waals surface area contributed by atoms with E-state index in [1.807, 2.05) is 0 Å². The van der Waals surface area contributed by atoms with E-state index in [0.717, 1.165) is 0 Å². The fraction of sp³-hybridized carbons (Fsp3) is 0.800. The monoisotopic (exact) mass is 269 g/mol. The maximum absolute atomic E-state index is 12.3. The van der Waals surface area contributed by atoms with E-state index in [0.29, 0.717) is 17.9 Å². The van der Waals surface area contributed by atoms with Crippen molar-refractivity contribution in [3.63, 3.8) is 0 Å². The number of carboxylic acid groups (broad SMARTS) is 1. The molecule has 1 rings (SSSR count). The van der Waals surface area contributed by atoms with E-state index in [2.05, 4.69) is 0 Å². The lowest BCUT2D eigenvalue weighted by atomic mass is 10.0. The van der Waals surface area contributed by atoms with Gasteiger partial charge in [-0.05, 0) is 13.3 Å². The summed E-state index contributed by atoms with van der Waals surface area (Å²) in [6.45, 7) is -0.629. The van der Waals surface area contributed by atoms with Crippen LogP contribution in [0.4, 0.5) is 13.2 Å². The lowest BCUT2D eigenvalue weighted by Gasteiger charge is -2.26. The van der Waals surface area contributed by atoms with Crippen molar-refractivity contribution in [2.45, 2.75) is 25.6 Å². The molecule has 0 aromatic heterocycles. The van der Waals surface area contributed by atoms with E-state index in [9.17, 15) is 22.8 Å². The number of aliphatic carboxylic acids is 1. The number of carbonyl (C=O) groups is 2. The molecule has 0 spiro atoms. The molecule has 5 nitrogen and oxygen atoms in total. The van der Waals surface area contributed by atoms with E-state index in [1.165, 1.54) is 0 Å². The number of halogens is 3. The van der Waals surface area contributed by atoms with Gasteiger partial charge >= 0.3 is 12.1 Å². The van der Waals surface area contributed by atoms with Gasteiger partial charge in [0, 0.05) is 6.61 Å². The number of amides is 1. The van der Waals surface area contributed by atoms with Crippen LogP contribution in [0.15, 0.2) is 0 Å². The Morgan fingerprint density at radius 1 is 1.44 bits per heavy atom. The smallest absolute Gasteiger partial charge is 0.406 e. The number of rotatable bonds is 4. The third-order valence-corrected chi connectivity index (χ3v) is 2.70. The van der Waals surface area contributed by atoms with Crippen molar-refractivity contribution < 1.29 is 32.6 Å². The SMILES string of the molecule is CC1OCCC1C(=O)N(CC(=O)O)CC(F)(F)F. The van der Waals surface area contributed by atoms with Crippen LogP contribution in [0.5, 0.6) is 0 Å². The van der Waals surface area contributed by atoms with Crippen molar-refractivity contribution >= 4 is 11.9 Å². The van der Waals surface area contributed by atoms with Crippen LogP contribution in [0.3, 0.4) is 0 Å². The van der Waals surface area contributed by atoms with E-state index in [-0.39, 0.29) is 0 Å². The second-order valence-electron chi connectivity index (χ2n) is 4.17. The van der Waals surface area contributed by atoms with Gasteiger partial charge in [0.05, 0.1) is 12.0 Å². The molecule has 104 valence electrons. The molecular weight excluding hydrogens is 255 g/mol. The summed E-state index contributed by atoms with van der Waals surface area (Å²) >= 11 is 0. The second-order valence-corrected chi connectivity index (χ2v) is 4.17. The maximum atomic E-state index is 12.3. The summed E-state index contributed by atoms with van der Waals surface area (Å²) in [6, 6.07) is 0. The summed E-state index contributed by atoms with van der Waals surface area (Å²) in [5.41, 5.74) is 0. The maximum Gasteiger partial charge on any atom is 0.406 e. The Morgan fingerprint density at radius 3 is 2.44 bits per heavy atom. The summed E-state index contributed by atoms with van der Waals surface area (Å²) in [6.07, 6.45) is -4.79. The number of ether oxygens (including phenoxy) is 1. The van der Waals surface area contributed by atoms with Gasteiger partial charge in [-0.15, -0.1) is 0 Å². The number of nitrogens with zero attached hydrogens (tertiary/aromatic N) is 1. The molecular formula is C10H14F3NO4. The summed E-state index contributed by atoms with van der Waals surface area (Å²) < 4.78 is 41.9. The molecule has 1 N–H and O–H groups in total. The third-order valence-electron chi connectivity index (χ3n) is 2.70. The first-order valence-corrected chi connectivity index (χ1v) is 5.39. The first kappa shape index (κ1) is 14.7. The minimum atomic E-state index is -4.62. The fourth-order valence-electron chi connectivity index (χ4n) is 1.88. The number of hydrogen-bond acceptors (Lipinski definition) is 3. The lowest BCUT2D eigenvalue weighted by molar-refractivity contribution is -0.168. The van der Waals surface area contributed by atoms with Crippen molar-refractivity contribution in [2.24, 2.45) is 5.92 Å². The van der Waals surface area contributed by atoms with Crippen LogP contribution in [0.25, 0.3) is 0 Å². The van der Waals surface area contributed by atoms with Gasteiger partial charge in [-0.2, -0.15) is 13.2 Å². The van der Waals surface area contributed by atoms with Gasteiger partial charge in [0.25, 0.3) is 0 Å². The molecule has 1 amide bonds. The van der Waals surface area contributed by atoms with Gasteiger partial charge in [-0.25, -0.2) is 0 Å². The van der Waals surface area contributed by atoms with Crippen LogP contribution in [-0.2, 0) is 14.3 Å². The largest absolute Gasteiger partial charge is 0.480 e. The Morgan fingerprint density at radius 2 is 2.06 bits per heavy atom. The zero-order chi connectivity index (χ0) is 13.9. The molecule has 2 atom stereocenters. The molecule has 0 radical (unpaired) electrons. The first-order valence-electron chi connectivity index (χ1n) is 5.39. The molecule has 0 saturated carbocycles. The van der Waals surface area contributed by atoms with E-state index in [4.69, 9.17) is 9.84 Å². The molecule has 2 unspecified atom stereocenters. The number of carbonyl (C=O) groups excluding carboxylic acids is 1. The molecule has 18 heavy (non-hydrogen) atoms. The van der Waals surface area contributed by atoms with Gasteiger partial charge in [0.1, 0.15) is 13.1 Å². The summed E-state index contributed by atoms with van der Waals surface area (Å²) in [4.78, 5) is 22.7. The van der Waals surface area contributed by atoms with Crippen molar-refractivity contribution in [1.82, 2.24) is 4.90 Å². The Labute approximate surface area is 102 Å². The number of carboxylic acids is 1. The second kappa shape index (κ2) is 5.55. The summed E-state index contributed by atoms with van der Waals surface area (Å²) in [7, 11) is 0. The quantitative estimate of drug-likeness (QED) is 0.823. The molecule has 1 heterocycles. The molecule has 1 fully saturated rings. The Balaban J connectivity index is 2.75. The number of alkyl halides is 3. The van der Waals surface area contributed by atoms with Crippen molar-refractivity contribution in [2.75, 3.05) is 19.7 Å². The Kier molecular flexibility index (Phi) is 4.55. The summed E-state index contributed by atoms with van der Waals surface area (Å²) in [5.74, 6) is -2.99. The molecule has 0 aromatic rings. The van der Waals surface area contributed by atoms with Crippen LogP contribution in [0, 0.1) is 5.92 Å². The van der Waals surface area contributed by atoms with Crippen LogP contribution in [0.1, 0.15) is 13.3 Å². The minimum Gasteiger partial charge on any atom is -0.480 e. The normalized spacial score (nSPS) is 24.0. The average Bonchev–Trinajstić information content (AvgIpc) is 2.59. The topological polar surface area (TPSA) is 66.8 Å². The molecule has 0 bridgehead atoms. The van der Waals surface area contributed by atoms with E-state index in [1.54, 1.807) is 6.92 Å². The predicted octanol–water partition coefficient (Wildman–Crippen LogP) is 0.887. The molecule has 1 aliphatic rings. The van der Waals surface area contributed by atoms with Crippen molar-refractivity contribution in [3.05, 3.63) is 0 Å². The lowest BCUT2D eigenvalue weighted by Crippen LogP contribution is -2.46. The number of hydrogen-bond donors (Lipinski definition) is 1. The summed E-state index contributed by atoms with van der Waals surface area (Å²) in [5, 5.41) is 8.55. The first-order chi connectivity index (χ1) is 8.20. The third kappa shape index (κ3) is 4.17. The molecule has 8 heteroatoms. The average molecular weight is 269 g/mol. The van der Waals surface area contributed by atoms with Crippen LogP contribution in [-0.4, -0.2) is 53.9 Å². The molecule has 1 saturated heterocycles. The van der Waals surface area contributed by atoms with Gasteiger partial charge in [0.15, 0.2) is 0 Å². The highest BCUT2D eigenvalue weighted by Gasteiger charge is 2.39. The van der Waals surface area contributed by atoms with Crippen molar-refractivity contribution in [1.29, 1.82) is 0 Å². The van der Waals surface area contributed by atoms with Crippen LogP contribution < -0.4 is 0 Å². The fourth-order valence-corrected chi connectivity index (χ4v) is 1.88. The predicted molar refractivity (Wildman–Crippen MR) is 53.8 cm³/mol. The highest BCUT2D eigenvalue weighted by molar-refractivity contribution is 5.83. The molecule has 1 aliphatic heterocycles. The van der Waals surface area contributed by atoms with Crippen LogP contribution >= 0.6 is 0 Å². The Bertz CT molecular complexity index is 332. The van der Waals surface area contributed by atoms with Gasteiger partial charge in [-0.1, -0.05) is 0 Å². The zero-order valence-corrected chi connectivity index (χ0v) is 9.74. The minimum absolute atomic E-state index is 0.296. The highest BCUT2D eigenvalue weighted by atomic mass is 19.4. The highest BCUT2D eigenvalue weighted by Crippen LogP contribution is 2.25.